The summed E-state index contributed by atoms with van der Waals surface area (Å²) in [6.07, 6.45) is 0. The van der Waals surface area contributed by atoms with Gasteiger partial charge in [-0.3, -0.25) is 4.79 Å². The largest absolute Gasteiger partial charge is 0.353 e. The minimum absolute atomic E-state index is 0.0222. The van der Waals surface area contributed by atoms with Gasteiger partial charge in [0.05, 0.1) is 6.04 Å². The Morgan fingerprint density at radius 2 is 1.82 bits per heavy atom. The first kappa shape index (κ1) is 14.0. The van der Waals surface area contributed by atoms with E-state index in [1.807, 2.05) is 45.0 Å². The summed E-state index contributed by atoms with van der Waals surface area (Å²) in [6.45, 7) is 6.41. The van der Waals surface area contributed by atoms with Gasteiger partial charge < -0.3 is 10.6 Å². The smallest absolute Gasteiger partial charge is 0.237 e. The lowest BCUT2D eigenvalue weighted by Crippen LogP contribution is -2.44. The number of rotatable bonds is 5. The molecule has 1 amide bonds. The van der Waals surface area contributed by atoms with Crippen LogP contribution in [0.15, 0.2) is 24.3 Å². The number of hydrogen-bond acceptors (Lipinski definition) is 2. The van der Waals surface area contributed by atoms with E-state index < -0.39 is 0 Å². The van der Waals surface area contributed by atoms with Gasteiger partial charge in [-0.25, -0.2) is 0 Å². The first-order valence-electron chi connectivity index (χ1n) is 5.77. The van der Waals surface area contributed by atoms with Gasteiger partial charge >= 0.3 is 0 Å². The second kappa shape index (κ2) is 6.62. The van der Waals surface area contributed by atoms with E-state index in [0.29, 0.717) is 6.54 Å². The van der Waals surface area contributed by atoms with Crippen LogP contribution in [0.2, 0.25) is 5.02 Å². The highest BCUT2D eigenvalue weighted by Gasteiger charge is 2.12. The molecule has 0 bridgehead atoms. The zero-order valence-electron chi connectivity index (χ0n) is 10.5. The van der Waals surface area contributed by atoms with Crippen LogP contribution in [0.1, 0.15) is 26.3 Å². The lowest BCUT2D eigenvalue weighted by Gasteiger charge is -2.16. The maximum Gasteiger partial charge on any atom is 0.237 e. The van der Waals surface area contributed by atoms with Crippen molar-refractivity contribution in [1.29, 1.82) is 0 Å². The van der Waals surface area contributed by atoms with Crippen LogP contribution in [0, 0.1) is 0 Å². The van der Waals surface area contributed by atoms with E-state index in [0.717, 1.165) is 10.6 Å². The molecular formula is C13H19ClN2O. The second-order valence-electron chi connectivity index (χ2n) is 4.39. The van der Waals surface area contributed by atoms with Crippen molar-refractivity contribution in [2.75, 3.05) is 0 Å². The Kier molecular flexibility index (Phi) is 5.45. The molecule has 0 radical (unpaired) electrons. The van der Waals surface area contributed by atoms with Crippen LogP contribution < -0.4 is 10.6 Å². The third-order valence-corrected chi connectivity index (χ3v) is 2.60. The van der Waals surface area contributed by atoms with E-state index in [4.69, 9.17) is 11.6 Å². The van der Waals surface area contributed by atoms with Gasteiger partial charge in [-0.05, 0) is 38.5 Å². The fraction of sp³-hybridized carbons (Fsp3) is 0.462. The van der Waals surface area contributed by atoms with E-state index in [-0.39, 0.29) is 18.0 Å². The molecule has 1 atom stereocenters. The van der Waals surface area contributed by atoms with Crippen molar-refractivity contribution in [2.24, 2.45) is 0 Å². The van der Waals surface area contributed by atoms with Crippen LogP contribution in [0.25, 0.3) is 0 Å². The highest BCUT2D eigenvalue weighted by atomic mass is 35.5. The molecule has 1 unspecified atom stereocenters. The van der Waals surface area contributed by atoms with Crippen molar-refractivity contribution in [3.8, 4) is 0 Å². The monoisotopic (exact) mass is 254 g/mol. The Bertz CT molecular complexity index is 362. The number of hydrogen-bond donors (Lipinski definition) is 2. The minimum atomic E-state index is -0.201. The average molecular weight is 255 g/mol. The SMILES string of the molecule is CC(C)NC(=O)C(C)NCc1ccc(Cl)cc1. The van der Waals surface area contributed by atoms with Crippen molar-refractivity contribution in [2.45, 2.75) is 39.4 Å². The molecule has 2 N–H and O–H groups in total. The molecule has 3 nitrogen and oxygen atoms in total. The van der Waals surface area contributed by atoms with Crippen molar-refractivity contribution < 1.29 is 4.79 Å². The Morgan fingerprint density at radius 1 is 1.24 bits per heavy atom. The highest BCUT2D eigenvalue weighted by molar-refractivity contribution is 6.30. The van der Waals surface area contributed by atoms with Crippen LogP contribution >= 0.6 is 11.6 Å². The standard InChI is InChI=1S/C13H19ClN2O/c1-9(2)16-13(17)10(3)15-8-11-4-6-12(14)7-5-11/h4-7,9-10,15H,8H2,1-3H3,(H,16,17). The Balaban J connectivity index is 2.40. The summed E-state index contributed by atoms with van der Waals surface area (Å²) < 4.78 is 0. The number of nitrogens with one attached hydrogen (secondary N) is 2. The molecule has 0 aromatic heterocycles. The van der Waals surface area contributed by atoms with Crippen molar-refractivity contribution in [1.82, 2.24) is 10.6 Å². The van der Waals surface area contributed by atoms with E-state index in [9.17, 15) is 4.79 Å². The van der Waals surface area contributed by atoms with Gasteiger partial charge in [-0.15, -0.1) is 0 Å². The lowest BCUT2D eigenvalue weighted by molar-refractivity contribution is -0.123. The number of carbonyl (C=O) groups is 1. The summed E-state index contributed by atoms with van der Waals surface area (Å²) in [4.78, 5) is 11.6. The zero-order chi connectivity index (χ0) is 12.8. The van der Waals surface area contributed by atoms with Gasteiger partial charge in [0, 0.05) is 17.6 Å². The second-order valence-corrected chi connectivity index (χ2v) is 4.83. The third-order valence-electron chi connectivity index (χ3n) is 2.35. The number of amides is 1. The van der Waals surface area contributed by atoms with Crippen LogP contribution in [-0.2, 0) is 11.3 Å². The fourth-order valence-electron chi connectivity index (χ4n) is 1.38. The predicted molar refractivity (Wildman–Crippen MR) is 71.0 cm³/mol. The van der Waals surface area contributed by atoms with Crippen LogP contribution in [0.4, 0.5) is 0 Å². The molecular weight excluding hydrogens is 236 g/mol. The molecule has 0 heterocycles. The molecule has 0 aliphatic heterocycles. The molecule has 0 saturated carbocycles. The molecule has 1 aromatic carbocycles. The summed E-state index contributed by atoms with van der Waals surface area (Å²) >= 11 is 5.80. The topological polar surface area (TPSA) is 41.1 Å². The van der Waals surface area contributed by atoms with Gasteiger partial charge in [0.2, 0.25) is 5.91 Å². The van der Waals surface area contributed by atoms with Gasteiger partial charge in [-0.1, -0.05) is 23.7 Å². The van der Waals surface area contributed by atoms with Crippen molar-refractivity contribution in [3.63, 3.8) is 0 Å². The zero-order valence-corrected chi connectivity index (χ0v) is 11.2. The van der Waals surface area contributed by atoms with Crippen molar-refractivity contribution in [3.05, 3.63) is 34.9 Å². The molecule has 94 valence electrons. The number of carbonyl (C=O) groups excluding carboxylic acids is 1. The molecule has 1 rings (SSSR count). The molecule has 17 heavy (non-hydrogen) atoms. The first-order chi connectivity index (χ1) is 7.99. The average Bonchev–Trinajstić information content (AvgIpc) is 2.27. The molecule has 0 fully saturated rings. The Morgan fingerprint density at radius 3 is 2.35 bits per heavy atom. The number of benzene rings is 1. The number of halogens is 1. The molecule has 0 aliphatic rings. The van der Waals surface area contributed by atoms with E-state index in [1.165, 1.54) is 0 Å². The van der Waals surface area contributed by atoms with E-state index in [2.05, 4.69) is 10.6 Å². The maximum atomic E-state index is 11.6. The van der Waals surface area contributed by atoms with Crippen molar-refractivity contribution >= 4 is 17.5 Å². The maximum absolute atomic E-state index is 11.6. The van der Waals surface area contributed by atoms with E-state index >= 15 is 0 Å². The molecule has 1 aromatic rings. The highest BCUT2D eigenvalue weighted by Crippen LogP contribution is 2.09. The Hall–Kier alpha value is -1.06. The van der Waals surface area contributed by atoms with Crippen LogP contribution in [-0.4, -0.2) is 18.0 Å². The van der Waals surface area contributed by atoms with Crippen LogP contribution in [0.5, 0.6) is 0 Å². The molecule has 0 aliphatic carbocycles. The molecule has 0 saturated heterocycles. The predicted octanol–water partition coefficient (Wildman–Crippen LogP) is 2.34. The summed E-state index contributed by atoms with van der Waals surface area (Å²) in [5, 5.41) is 6.76. The molecule has 0 spiro atoms. The van der Waals surface area contributed by atoms with Gasteiger partial charge in [0.25, 0.3) is 0 Å². The summed E-state index contributed by atoms with van der Waals surface area (Å²) in [5.41, 5.74) is 1.11. The Labute approximate surface area is 108 Å². The summed E-state index contributed by atoms with van der Waals surface area (Å²) in [5.74, 6) is 0.0222. The fourth-order valence-corrected chi connectivity index (χ4v) is 1.50. The first-order valence-corrected chi connectivity index (χ1v) is 6.15. The van der Waals surface area contributed by atoms with Gasteiger partial charge in [0.1, 0.15) is 0 Å². The minimum Gasteiger partial charge on any atom is -0.353 e. The van der Waals surface area contributed by atoms with E-state index in [1.54, 1.807) is 0 Å². The normalized spacial score (nSPS) is 12.5. The summed E-state index contributed by atoms with van der Waals surface area (Å²) in [6, 6.07) is 7.55. The van der Waals surface area contributed by atoms with Gasteiger partial charge in [0.15, 0.2) is 0 Å². The lowest BCUT2D eigenvalue weighted by atomic mass is 10.2. The van der Waals surface area contributed by atoms with Gasteiger partial charge in [-0.2, -0.15) is 0 Å². The molecule has 4 heteroatoms. The third kappa shape index (κ3) is 5.20. The quantitative estimate of drug-likeness (QED) is 0.847. The van der Waals surface area contributed by atoms with Crippen LogP contribution in [0.3, 0.4) is 0 Å². The summed E-state index contributed by atoms with van der Waals surface area (Å²) in [7, 11) is 0.